The molecule has 0 rings (SSSR count). The lowest BCUT2D eigenvalue weighted by molar-refractivity contribution is -0.166. The van der Waals surface area contributed by atoms with E-state index < -0.39 is 12.1 Å². The van der Waals surface area contributed by atoms with Gasteiger partial charge in [-0.1, -0.05) is 263 Å². The van der Waals surface area contributed by atoms with Gasteiger partial charge in [-0.2, -0.15) is 0 Å². The summed E-state index contributed by atoms with van der Waals surface area (Å²) in [5.74, 6) is -1.11. The van der Waals surface area contributed by atoms with Crippen LogP contribution in [-0.2, 0) is 28.6 Å². The molecule has 0 radical (unpaired) electrons. The second-order valence-electron chi connectivity index (χ2n) is 19.5. The average Bonchev–Trinajstić information content (AvgIpc) is 3.41. The Bertz CT molecular complexity index is 1660. The SMILES string of the molecule is CC/C=C\C/C=C\C/C=C\C/C=C\C/C=C\C/C=C\CCC(=O)OC(COC(=O)CC/C=C\C/C=C\C/C=C\C/C=C\CC)COC(=O)CCCCCCCCCCCCCCC/C=C\C/C=C\CCCCCCC. The molecule has 0 aliphatic rings. The molecular formula is C69H110O6. The molecule has 0 aliphatic carbocycles. The number of hydrogen-bond donors (Lipinski definition) is 0. The largest absolute Gasteiger partial charge is 0.462 e. The smallest absolute Gasteiger partial charge is 0.306 e. The third kappa shape index (κ3) is 60.0. The maximum absolute atomic E-state index is 12.8. The van der Waals surface area contributed by atoms with E-state index in [9.17, 15) is 14.4 Å². The van der Waals surface area contributed by atoms with Crippen molar-refractivity contribution in [1.82, 2.24) is 0 Å². The van der Waals surface area contributed by atoms with Crippen molar-refractivity contribution in [2.45, 2.75) is 258 Å². The molecule has 0 aliphatic heterocycles. The number of rotatable bonds is 53. The van der Waals surface area contributed by atoms with E-state index in [1.165, 1.54) is 109 Å². The lowest BCUT2D eigenvalue weighted by Crippen LogP contribution is -2.30. The van der Waals surface area contributed by atoms with E-state index in [1.807, 2.05) is 24.3 Å². The fourth-order valence-electron chi connectivity index (χ4n) is 7.87. The van der Waals surface area contributed by atoms with Gasteiger partial charge in [-0.15, -0.1) is 0 Å². The fourth-order valence-corrected chi connectivity index (χ4v) is 7.87. The third-order valence-electron chi connectivity index (χ3n) is 12.3. The van der Waals surface area contributed by atoms with Gasteiger partial charge in [0.15, 0.2) is 6.10 Å². The molecule has 6 nitrogen and oxygen atoms in total. The summed E-state index contributed by atoms with van der Waals surface area (Å²) in [5.41, 5.74) is 0. The molecule has 1 unspecified atom stereocenters. The predicted molar refractivity (Wildman–Crippen MR) is 325 cm³/mol. The third-order valence-corrected chi connectivity index (χ3v) is 12.3. The molecule has 0 aromatic heterocycles. The number of hydrogen-bond acceptors (Lipinski definition) is 6. The van der Waals surface area contributed by atoms with Crippen molar-refractivity contribution < 1.29 is 28.6 Å². The number of carbonyl (C=O) groups excluding carboxylic acids is 3. The van der Waals surface area contributed by atoms with Gasteiger partial charge < -0.3 is 14.2 Å². The molecule has 0 aromatic carbocycles. The van der Waals surface area contributed by atoms with Crippen molar-refractivity contribution in [1.29, 1.82) is 0 Å². The Hall–Kier alpha value is -4.71. The van der Waals surface area contributed by atoms with Gasteiger partial charge in [0.1, 0.15) is 13.2 Å². The normalized spacial score (nSPS) is 13.2. The Morgan fingerprint density at radius 1 is 0.280 bits per heavy atom. The summed E-state index contributed by atoms with van der Waals surface area (Å²) in [6, 6.07) is 0. The van der Waals surface area contributed by atoms with Crippen LogP contribution in [0.5, 0.6) is 0 Å². The average molecular weight is 1040 g/mol. The van der Waals surface area contributed by atoms with Crippen LogP contribution in [0.2, 0.25) is 0 Å². The van der Waals surface area contributed by atoms with Gasteiger partial charge in [0, 0.05) is 19.3 Å². The fraction of sp³-hybridized carbons (Fsp3) is 0.609. The summed E-state index contributed by atoms with van der Waals surface area (Å²) in [5, 5.41) is 0. The zero-order valence-electron chi connectivity index (χ0n) is 48.3. The molecule has 0 saturated heterocycles. The number of allylic oxidation sites excluding steroid dienone is 24. The van der Waals surface area contributed by atoms with Crippen LogP contribution in [0.25, 0.3) is 0 Å². The van der Waals surface area contributed by atoms with Crippen LogP contribution in [0, 0.1) is 0 Å². The zero-order chi connectivity index (χ0) is 54.3. The van der Waals surface area contributed by atoms with E-state index in [1.54, 1.807) is 0 Å². The predicted octanol–water partition coefficient (Wildman–Crippen LogP) is 20.8. The molecule has 0 bridgehead atoms. The zero-order valence-corrected chi connectivity index (χ0v) is 48.3. The van der Waals surface area contributed by atoms with Gasteiger partial charge in [-0.25, -0.2) is 0 Å². The quantitative estimate of drug-likeness (QED) is 0.0261. The number of carbonyl (C=O) groups is 3. The van der Waals surface area contributed by atoms with E-state index in [2.05, 4.69) is 142 Å². The summed E-state index contributed by atoms with van der Waals surface area (Å²) in [4.78, 5) is 38.1. The van der Waals surface area contributed by atoms with Crippen LogP contribution >= 0.6 is 0 Å². The van der Waals surface area contributed by atoms with Crippen molar-refractivity contribution in [3.8, 4) is 0 Å². The molecule has 0 spiro atoms. The van der Waals surface area contributed by atoms with Gasteiger partial charge in [0.25, 0.3) is 0 Å². The molecule has 0 heterocycles. The molecule has 0 N–H and O–H groups in total. The Morgan fingerprint density at radius 3 is 0.893 bits per heavy atom. The minimum Gasteiger partial charge on any atom is -0.462 e. The Labute approximate surface area is 461 Å². The lowest BCUT2D eigenvalue weighted by Gasteiger charge is -2.18. The second-order valence-corrected chi connectivity index (χ2v) is 19.5. The maximum atomic E-state index is 12.8. The van der Waals surface area contributed by atoms with Gasteiger partial charge >= 0.3 is 17.9 Å². The van der Waals surface area contributed by atoms with E-state index in [4.69, 9.17) is 14.2 Å². The van der Waals surface area contributed by atoms with Gasteiger partial charge in [-0.3, -0.25) is 14.4 Å². The van der Waals surface area contributed by atoms with Crippen molar-refractivity contribution in [3.63, 3.8) is 0 Å². The first-order valence-corrected chi connectivity index (χ1v) is 30.3. The minimum absolute atomic E-state index is 0.135. The standard InChI is InChI=1S/C69H110O6/c1-4-7-10-13-16-19-22-25-27-29-31-32-33-34-35-36-38-39-41-44-47-50-53-56-59-62-68(71)74-65-66(64-73-67(70)61-58-55-52-49-46-43-24-21-18-15-12-9-6-3)75-69(72)63-60-57-54-51-48-45-42-40-37-30-28-26-23-20-17-14-11-8-5-2/h8-9,11-12,17-18,20-22,25-26,28-29,31,37,40,43,45-46,48,52,54-55,57,66H,4-7,10,13-16,19,23-24,27,30,32-36,38-39,41-42,44,47,49-51,53,56,58-65H2,1-3H3/b11-8-,12-9-,20-17-,21-18-,25-22-,28-26-,31-29-,40-37-,46-43-,48-45-,55-52-,57-54-. The highest BCUT2D eigenvalue weighted by atomic mass is 16.6. The van der Waals surface area contributed by atoms with Crippen molar-refractivity contribution in [2.24, 2.45) is 0 Å². The highest BCUT2D eigenvalue weighted by molar-refractivity contribution is 5.71. The number of ether oxygens (including phenoxy) is 3. The van der Waals surface area contributed by atoms with Gasteiger partial charge in [0.05, 0.1) is 0 Å². The first-order chi connectivity index (χ1) is 37.0. The molecule has 6 heteroatoms. The molecule has 0 aromatic rings. The summed E-state index contributed by atoms with van der Waals surface area (Å²) in [7, 11) is 0. The van der Waals surface area contributed by atoms with E-state index >= 15 is 0 Å². The second kappa shape index (κ2) is 61.8. The van der Waals surface area contributed by atoms with Gasteiger partial charge in [-0.05, 0) is 116 Å². The molecule has 0 amide bonds. The van der Waals surface area contributed by atoms with Crippen LogP contribution in [0.3, 0.4) is 0 Å². The first kappa shape index (κ1) is 70.3. The van der Waals surface area contributed by atoms with Crippen molar-refractivity contribution in [2.75, 3.05) is 13.2 Å². The van der Waals surface area contributed by atoms with E-state index in [0.29, 0.717) is 19.3 Å². The number of unbranched alkanes of at least 4 members (excludes halogenated alkanes) is 18. The van der Waals surface area contributed by atoms with Crippen LogP contribution in [0.1, 0.15) is 252 Å². The Kier molecular flexibility index (Phi) is 58.0. The van der Waals surface area contributed by atoms with Crippen molar-refractivity contribution in [3.05, 3.63) is 146 Å². The van der Waals surface area contributed by atoms with Crippen molar-refractivity contribution >= 4 is 17.9 Å². The minimum atomic E-state index is -0.854. The summed E-state index contributed by atoms with van der Waals surface area (Å²) >= 11 is 0. The monoisotopic (exact) mass is 1030 g/mol. The Balaban J connectivity index is 4.47. The molecule has 0 fully saturated rings. The summed E-state index contributed by atoms with van der Waals surface area (Å²) < 4.78 is 16.7. The maximum Gasteiger partial charge on any atom is 0.306 e. The van der Waals surface area contributed by atoms with Gasteiger partial charge in [0.2, 0.25) is 0 Å². The number of esters is 3. The molecule has 75 heavy (non-hydrogen) atoms. The van der Waals surface area contributed by atoms with E-state index in [0.717, 1.165) is 89.9 Å². The van der Waals surface area contributed by atoms with E-state index in [-0.39, 0.29) is 38.0 Å². The molecule has 1 atom stereocenters. The molecule has 422 valence electrons. The molecule has 0 saturated carbocycles. The highest BCUT2D eigenvalue weighted by Gasteiger charge is 2.19. The topological polar surface area (TPSA) is 78.9 Å². The lowest BCUT2D eigenvalue weighted by atomic mass is 10.0. The Morgan fingerprint density at radius 2 is 0.547 bits per heavy atom. The summed E-state index contributed by atoms with van der Waals surface area (Å²) in [6.07, 6.45) is 88.8. The van der Waals surface area contributed by atoms with Crippen LogP contribution in [0.15, 0.2) is 146 Å². The van der Waals surface area contributed by atoms with Crippen LogP contribution < -0.4 is 0 Å². The first-order valence-electron chi connectivity index (χ1n) is 30.3. The highest BCUT2D eigenvalue weighted by Crippen LogP contribution is 2.15. The summed E-state index contributed by atoms with van der Waals surface area (Å²) in [6.45, 7) is 6.27. The molecular weight excluding hydrogens is 925 g/mol. The van der Waals surface area contributed by atoms with Crippen LogP contribution in [-0.4, -0.2) is 37.2 Å². The van der Waals surface area contributed by atoms with Crippen LogP contribution in [0.4, 0.5) is 0 Å².